The lowest BCUT2D eigenvalue weighted by Crippen LogP contribution is -2.42. The minimum atomic E-state index is 0. The van der Waals surface area contributed by atoms with Gasteiger partial charge in [0.1, 0.15) is 0 Å². The van der Waals surface area contributed by atoms with E-state index in [2.05, 4.69) is 22.1 Å². The molecule has 0 aromatic heterocycles. The summed E-state index contributed by atoms with van der Waals surface area (Å²) in [7, 11) is 3.25. The number of likely N-dealkylation sites (tertiary alicyclic amines) is 1. The smallest absolute Gasteiger partial charge is 0.188 e. The number of hydrogen-bond acceptors (Lipinski definition) is 4. The van der Waals surface area contributed by atoms with Crippen molar-refractivity contribution < 1.29 is 9.47 Å². The summed E-state index contributed by atoms with van der Waals surface area (Å²) in [5, 5.41) is 3.24. The highest BCUT2D eigenvalue weighted by Crippen LogP contribution is 2.27. The molecular formula is C17H29IN4O2. The average Bonchev–Trinajstić information content (AvgIpc) is 3.05. The molecule has 7 heteroatoms. The van der Waals surface area contributed by atoms with Gasteiger partial charge in [0.15, 0.2) is 17.5 Å². The Labute approximate surface area is 161 Å². The van der Waals surface area contributed by atoms with Gasteiger partial charge in [-0.05, 0) is 43.6 Å². The van der Waals surface area contributed by atoms with Gasteiger partial charge in [-0.1, -0.05) is 13.0 Å². The molecular weight excluding hydrogens is 419 g/mol. The third-order valence-electron chi connectivity index (χ3n) is 4.30. The Bertz CT molecular complexity index is 539. The van der Waals surface area contributed by atoms with Crippen LogP contribution in [-0.2, 0) is 6.54 Å². The van der Waals surface area contributed by atoms with Crippen molar-refractivity contribution in [2.45, 2.75) is 32.4 Å². The maximum atomic E-state index is 5.98. The maximum absolute atomic E-state index is 5.98. The van der Waals surface area contributed by atoms with E-state index in [9.17, 15) is 0 Å². The van der Waals surface area contributed by atoms with Crippen molar-refractivity contribution in [2.75, 3.05) is 33.9 Å². The van der Waals surface area contributed by atoms with Crippen molar-refractivity contribution in [1.29, 1.82) is 0 Å². The normalized spacial score (nSPS) is 18.1. The molecule has 1 unspecified atom stereocenters. The van der Waals surface area contributed by atoms with Crippen molar-refractivity contribution in [3.8, 4) is 11.5 Å². The van der Waals surface area contributed by atoms with E-state index >= 15 is 0 Å². The lowest BCUT2D eigenvalue weighted by molar-refractivity contribution is 0.267. The second-order valence-electron chi connectivity index (χ2n) is 5.70. The third kappa shape index (κ3) is 5.70. The summed E-state index contributed by atoms with van der Waals surface area (Å²) in [5.74, 6) is 1.91. The molecule has 0 amide bonds. The first-order valence-electron chi connectivity index (χ1n) is 8.16. The van der Waals surface area contributed by atoms with Crippen LogP contribution in [0.25, 0.3) is 0 Å². The zero-order valence-electron chi connectivity index (χ0n) is 14.7. The van der Waals surface area contributed by atoms with Crippen molar-refractivity contribution in [3.05, 3.63) is 23.8 Å². The van der Waals surface area contributed by atoms with E-state index in [4.69, 9.17) is 15.2 Å². The zero-order valence-corrected chi connectivity index (χ0v) is 17.1. The van der Waals surface area contributed by atoms with E-state index < -0.39 is 0 Å². The molecule has 1 aromatic rings. The molecule has 0 saturated carbocycles. The van der Waals surface area contributed by atoms with Crippen LogP contribution in [-0.4, -0.2) is 50.8 Å². The van der Waals surface area contributed by atoms with Gasteiger partial charge in [-0.15, -0.1) is 24.0 Å². The van der Waals surface area contributed by atoms with Gasteiger partial charge in [0.2, 0.25) is 0 Å². The number of guanidine groups is 1. The summed E-state index contributed by atoms with van der Waals surface area (Å²) in [5.41, 5.74) is 7.01. The molecule has 1 atom stereocenters. The van der Waals surface area contributed by atoms with Crippen LogP contribution in [0, 0.1) is 0 Å². The monoisotopic (exact) mass is 448 g/mol. The number of ether oxygens (including phenoxy) is 2. The number of benzene rings is 1. The Kier molecular flexibility index (Phi) is 9.20. The maximum Gasteiger partial charge on any atom is 0.188 e. The third-order valence-corrected chi connectivity index (χ3v) is 4.30. The number of hydrogen-bond donors (Lipinski definition) is 2. The van der Waals surface area contributed by atoms with E-state index in [1.807, 2.05) is 18.2 Å². The van der Waals surface area contributed by atoms with E-state index in [-0.39, 0.29) is 24.0 Å². The molecule has 1 fully saturated rings. The summed E-state index contributed by atoms with van der Waals surface area (Å²) < 4.78 is 10.5. The van der Waals surface area contributed by atoms with E-state index in [0.29, 0.717) is 30.0 Å². The van der Waals surface area contributed by atoms with Crippen LogP contribution in [0.2, 0.25) is 0 Å². The Hall–Kier alpha value is -1.22. The molecule has 1 aliphatic heterocycles. The van der Waals surface area contributed by atoms with Crippen LogP contribution < -0.4 is 20.5 Å². The van der Waals surface area contributed by atoms with Crippen molar-refractivity contribution in [2.24, 2.45) is 10.7 Å². The number of halogens is 1. The van der Waals surface area contributed by atoms with Gasteiger partial charge in [-0.25, -0.2) is 4.99 Å². The predicted octanol–water partition coefficient (Wildman–Crippen LogP) is 2.21. The molecule has 1 aliphatic rings. The van der Waals surface area contributed by atoms with E-state index in [1.165, 1.54) is 19.4 Å². The van der Waals surface area contributed by atoms with E-state index in [1.54, 1.807) is 14.2 Å². The molecule has 1 aromatic carbocycles. The second kappa shape index (κ2) is 10.6. The van der Waals surface area contributed by atoms with Crippen LogP contribution in [0.1, 0.15) is 25.3 Å². The Morgan fingerprint density at radius 1 is 1.33 bits per heavy atom. The highest BCUT2D eigenvalue weighted by atomic mass is 127. The highest BCUT2D eigenvalue weighted by Gasteiger charge is 2.22. The summed E-state index contributed by atoms with van der Waals surface area (Å²) >= 11 is 0. The SMILES string of the molecule is CCN1CCCC1CNC(N)=NCc1ccc(OC)c(OC)c1.I. The van der Waals surface area contributed by atoms with Crippen molar-refractivity contribution >= 4 is 29.9 Å². The summed E-state index contributed by atoms with van der Waals surface area (Å²) in [6, 6.07) is 6.33. The number of nitrogens with two attached hydrogens (primary N) is 1. The van der Waals surface area contributed by atoms with Gasteiger partial charge in [-0.2, -0.15) is 0 Å². The van der Waals surface area contributed by atoms with Crippen molar-refractivity contribution in [3.63, 3.8) is 0 Å². The van der Waals surface area contributed by atoms with Crippen molar-refractivity contribution in [1.82, 2.24) is 10.2 Å². The second-order valence-corrected chi connectivity index (χ2v) is 5.70. The molecule has 24 heavy (non-hydrogen) atoms. The number of aliphatic imine (C=N–C) groups is 1. The fourth-order valence-electron chi connectivity index (χ4n) is 2.98. The van der Waals surface area contributed by atoms with Crippen LogP contribution >= 0.6 is 24.0 Å². The zero-order chi connectivity index (χ0) is 16.7. The lowest BCUT2D eigenvalue weighted by Gasteiger charge is -2.23. The minimum Gasteiger partial charge on any atom is -0.493 e. The van der Waals surface area contributed by atoms with Gasteiger partial charge in [0.25, 0.3) is 0 Å². The molecule has 0 bridgehead atoms. The topological polar surface area (TPSA) is 72.1 Å². The van der Waals surface area contributed by atoms with Gasteiger partial charge < -0.3 is 20.5 Å². The predicted molar refractivity (Wildman–Crippen MR) is 109 cm³/mol. The molecule has 0 radical (unpaired) electrons. The van der Waals surface area contributed by atoms with Crippen LogP contribution in [0.3, 0.4) is 0 Å². The van der Waals surface area contributed by atoms with Gasteiger partial charge in [0.05, 0.1) is 20.8 Å². The Morgan fingerprint density at radius 3 is 2.75 bits per heavy atom. The quantitative estimate of drug-likeness (QED) is 0.380. The summed E-state index contributed by atoms with van der Waals surface area (Å²) in [4.78, 5) is 6.89. The van der Waals surface area contributed by atoms with Crippen LogP contribution in [0.5, 0.6) is 11.5 Å². The molecule has 0 aliphatic carbocycles. The Morgan fingerprint density at radius 2 is 2.08 bits per heavy atom. The largest absolute Gasteiger partial charge is 0.493 e. The van der Waals surface area contributed by atoms with E-state index in [0.717, 1.165) is 18.7 Å². The lowest BCUT2D eigenvalue weighted by atomic mass is 10.2. The Balaban J connectivity index is 0.00000288. The van der Waals surface area contributed by atoms with Gasteiger partial charge in [-0.3, -0.25) is 4.90 Å². The van der Waals surface area contributed by atoms with Crippen LogP contribution in [0.4, 0.5) is 0 Å². The number of rotatable bonds is 7. The summed E-state index contributed by atoms with van der Waals surface area (Å²) in [6.07, 6.45) is 2.49. The molecule has 1 heterocycles. The molecule has 2 rings (SSSR count). The number of likely N-dealkylation sites (N-methyl/N-ethyl adjacent to an activating group) is 1. The van der Waals surface area contributed by atoms with Gasteiger partial charge >= 0.3 is 0 Å². The highest BCUT2D eigenvalue weighted by molar-refractivity contribution is 14.0. The number of nitrogens with one attached hydrogen (secondary N) is 1. The molecule has 136 valence electrons. The molecule has 0 spiro atoms. The minimum absolute atomic E-state index is 0. The first kappa shape index (κ1) is 20.8. The number of methoxy groups -OCH3 is 2. The first-order valence-corrected chi connectivity index (χ1v) is 8.16. The fraction of sp³-hybridized carbons (Fsp3) is 0.588. The molecule has 3 N–H and O–H groups in total. The number of nitrogens with zero attached hydrogens (tertiary/aromatic N) is 2. The molecule has 1 saturated heterocycles. The standard InChI is InChI=1S/C17H28N4O2.HI/c1-4-21-9-5-6-14(21)12-20-17(18)19-11-13-7-8-15(22-2)16(10-13)23-3;/h7-8,10,14H,4-6,9,11-12H2,1-3H3,(H3,18,19,20);1H. The van der Waals surface area contributed by atoms with Gasteiger partial charge in [0, 0.05) is 12.6 Å². The molecule has 6 nitrogen and oxygen atoms in total. The fourth-order valence-corrected chi connectivity index (χ4v) is 2.98. The summed E-state index contributed by atoms with van der Waals surface area (Å²) in [6.45, 7) is 5.85. The first-order chi connectivity index (χ1) is 11.2. The average molecular weight is 448 g/mol. The van der Waals surface area contributed by atoms with Crippen LogP contribution in [0.15, 0.2) is 23.2 Å².